The first kappa shape index (κ1) is 18.4. The average Bonchev–Trinajstić information content (AvgIpc) is 2.44. The molecule has 0 radical (unpaired) electrons. The Morgan fingerprint density at radius 3 is 2.95 bits per heavy atom. The number of morpholine rings is 1. The molecule has 1 aliphatic heterocycles. The minimum atomic E-state index is -0.709. The summed E-state index contributed by atoms with van der Waals surface area (Å²) in [5.74, 6) is -0.709. The zero-order valence-electron chi connectivity index (χ0n) is 11.8. The zero-order chi connectivity index (χ0) is 14.4. The number of benzene rings is 1. The van der Waals surface area contributed by atoms with E-state index in [1.165, 1.54) is 5.56 Å². The largest absolute Gasteiger partial charge is 0.481 e. The van der Waals surface area contributed by atoms with Gasteiger partial charge in [-0.25, -0.2) is 0 Å². The SMILES string of the molecule is Cl.O=C(O)CCCCN1CCOC(c2cccc(Br)c2)C1. The lowest BCUT2D eigenvalue weighted by Crippen LogP contribution is -2.38. The van der Waals surface area contributed by atoms with E-state index in [2.05, 4.69) is 33.0 Å². The second-order valence-corrected chi connectivity index (χ2v) is 5.98. The molecule has 0 aliphatic carbocycles. The Labute approximate surface area is 140 Å². The number of ether oxygens (including phenoxy) is 1. The Morgan fingerprint density at radius 1 is 1.43 bits per heavy atom. The Morgan fingerprint density at radius 2 is 2.24 bits per heavy atom. The van der Waals surface area contributed by atoms with Crippen LogP contribution in [0.4, 0.5) is 0 Å². The number of carboxylic acid groups (broad SMARTS) is 1. The van der Waals surface area contributed by atoms with E-state index in [1.54, 1.807) is 0 Å². The molecule has 0 spiro atoms. The molecule has 0 bridgehead atoms. The molecular weight excluding hydrogens is 358 g/mol. The van der Waals surface area contributed by atoms with E-state index in [0.29, 0.717) is 0 Å². The fraction of sp³-hybridized carbons (Fsp3) is 0.533. The molecule has 118 valence electrons. The molecule has 1 aliphatic rings. The number of carboxylic acids is 1. The van der Waals surface area contributed by atoms with Gasteiger partial charge in [-0.15, -0.1) is 12.4 Å². The lowest BCUT2D eigenvalue weighted by molar-refractivity contribution is -0.137. The third-order valence-corrected chi connectivity index (χ3v) is 3.98. The van der Waals surface area contributed by atoms with Gasteiger partial charge in [0.15, 0.2) is 0 Å². The second-order valence-electron chi connectivity index (χ2n) is 5.07. The number of rotatable bonds is 6. The van der Waals surface area contributed by atoms with Crippen molar-refractivity contribution in [2.75, 3.05) is 26.2 Å². The molecule has 2 rings (SSSR count). The minimum absolute atomic E-state index is 0. The topological polar surface area (TPSA) is 49.8 Å². The monoisotopic (exact) mass is 377 g/mol. The highest BCUT2D eigenvalue weighted by Crippen LogP contribution is 2.24. The quantitative estimate of drug-likeness (QED) is 0.770. The van der Waals surface area contributed by atoms with E-state index in [-0.39, 0.29) is 24.9 Å². The van der Waals surface area contributed by atoms with Gasteiger partial charge in [0.05, 0.1) is 12.7 Å². The van der Waals surface area contributed by atoms with Crippen molar-refractivity contribution in [2.45, 2.75) is 25.4 Å². The van der Waals surface area contributed by atoms with Crippen molar-refractivity contribution >= 4 is 34.3 Å². The van der Waals surface area contributed by atoms with Crippen molar-refractivity contribution in [3.63, 3.8) is 0 Å². The van der Waals surface area contributed by atoms with E-state index in [1.807, 2.05) is 12.1 Å². The Hall–Kier alpha value is -0.620. The lowest BCUT2D eigenvalue weighted by atomic mass is 10.1. The second kappa shape index (κ2) is 9.41. The number of hydrogen-bond acceptors (Lipinski definition) is 3. The highest BCUT2D eigenvalue weighted by molar-refractivity contribution is 9.10. The van der Waals surface area contributed by atoms with Crippen LogP contribution in [0.5, 0.6) is 0 Å². The van der Waals surface area contributed by atoms with E-state index >= 15 is 0 Å². The molecular formula is C15H21BrClNO3. The van der Waals surface area contributed by atoms with Crippen molar-refractivity contribution < 1.29 is 14.6 Å². The van der Waals surface area contributed by atoms with Gasteiger partial charge in [0, 0.05) is 24.0 Å². The van der Waals surface area contributed by atoms with Gasteiger partial charge in [-0.3, -0.25) is 9.69 Å². The maximum absolute atomic E-state index is 10.5. The van der Waals surface area contributed by atoms with Crippen LogP contribution in [0.1, 0.15) is 30.9 Å². The van der Waals surface area contributed by atoms with Crippen LogP contribution in [0, 0.1) is 0 Å². The number of aliphatic carboxylic acids is 1. The molecule has 1 heterocycles. The summed E-state index contributed by atoms with van der Waals surface area (Å²) in [5.41, 5.74) is 1.19. The van der Waals surface area contributed by atoms with Crippen molar-refractivity contribution in [1.29, 1.82) is 0 Å². The van der Waals surface area contributed by atoms with E-state index in [9.17, 15) is 4.79 Å². The van der Waals surface area contributed by atoms with E-state index < -0.39 is 5.97 Å². The molecule has 1 N–H and O–H groups in total. The van der Waals surface area contributed by atoms with Crippen molar-refractivity contribution in [2.24, 2.45) is 0 Å². The third kappa shape index (κ3) is 6.34. The van der Waals surface area contributed by atoms with Crippen LogP contribution >= 0.6 is 28.3 Å². The summed E-state index contributed by atoms with van der Waals surface area (Å²) >= 11 is 3.48. The Balaban J connectivity index is 0.00000220. The third-order valence-electron chi connectivity index (χ3n) is 3.49. The van der Waals surface area contributed by atoms with Crippen LogP contribution in [0.2, 0.25) is 0 Å². The summed E-state index contributed by atoms with van der Waals surface area (Å²) in [6, 6.07) is 8.21. The van der Waals surface area contributed by atoms with E-state index in [4.69, 9.17) is 9.84 Å². The van der Waals surface area contributed by atoms with Gasteiger partial charge in [-0.2, -0.15) is 0 Å². The van der Waals surface area contributed by atoms with Crippen molar-refractivity contribution in [3.8, 4) is 0 Å². The van der Waals surface area contributed by atoms with Gasteiger partial charge >= 0.3 is 5.97 Å². The van der Waals surface area contributed by atoms with Crippen LogP contribution in [0.3, 0.4) is 0 Å². The van der Waals surface area contributed by atoms with Gasteiger partial charge in [0.2, 0.25) is 0 Å². The van der Waals surface area contributed by atoms with Crippen LogP contribution in [0.25, 0.3) is 0 Å². The molecule has 1 aromatic carbocycles. The van der Waals surface area contributed by atoms with Crippen LogP contribution in [-0.4, -0.2) is 42.2 Å². The number of carbonyl (C=O) groups is 1. The number of unbranched alkanes of at least 4 members (excludes halogenated alkanes) is 1. The molecule has 6 heteroatoms. The van der Waals surface area contributed by atoms with Gasteiger partial charge in [0.25, 0.3) is 0 Å². The summed E-state index contributed by atoms with van der Waals surface area (Å²) in [6.07, 6.45) is 2.05. The lowest BCUT2D eigenvalue weighted by Gasteiger charge is -2.33. The minimum Gasteiger partial charge on any atom is -0.481 e. The molecule has 0 aromatic heterocycles. The summed E-state index contributed by atoms with van der Waals surface area (Å²) in [4.78, 5) is 12.8. The zero-order valence-corrected chi connectivity index (χ0v) is 14.2. The molecule has 0 amide bonds. The predicted octanol–water partition coefficient (Wildman–Crippen LogP) is 3.50. The fourth-order valence-electron chi connectivity index (χ4n) is 2.43. The predicted molar refractivity (Wildman–Crippen MR) is 88.0 cm³/mol. The molecule has 0 saturated carbocycles. The normalized spacial score (nSPS) is 19.0. The summed E-state index contributed by atoms with van der Waals surface area (Å²) in [5, 5.41) is 8.63. The first-order valence-corrected chi connectivity index (χ1v) is 7.75. The highest BCUT2D eigenvalue weighted by Gasteiger charge is 2.21. The molecule has 21 heavy (non-hydrogen) atoms. The number of hydrogen-bond donors (Lipinski definition) is 1. The standard InChI is InChI=1S/C15H20BrNO3.ClH/c16-13-5-3-4-12(10-13)14-11-17(8-9-20-14)7-2-1-6-15(18)19;/h3-5,10,14H,1-2,6-9,11H2,(H,18,19);1H. The molecule has 1 unspecified atom stereocenters. The summed E-state index contributed by atoms with van der Waals surface area (Å²) in [6.45, 7) is 3.48. The van der Waals surface area contributed by atoms with Crippen LogP contribution in [-0.2, 0) is 9.53 Å². The number of nitrogens with zero attached hydrogens (tertiary/aromatic N) is 1. The van der Waals surface area contributed by atoms with Crippen molar-refractivity contribution in [3.05, 3.63) is 34.3 Å². The summed E-state index contributed by atoms with van der Waals surface area (Å²) < 4.78 is 6.90. The average molecular weight is 379 g/mol. The molecule has 1 aromatic rings. The van der Waals surface area contributed by atoms with Crippen molar-refractivity contribution in [1.82, 2.24) is 4.90 Å². The molecule has 1 fully saturated rings. The molecule has 1 atom stereocenters. The maximum atomic E-state index is 10.5. The Kier molecular flexibility index (Phi) is 8.26. The smallest absolute Gasteiger partial charge is 0.303 e. The highest BCUT2D eigenvalue weighted by atomic mass is 79.9. The number of halogens is 2. The van der Waals surface area contributed by atoms with Gasteiger partial charge < -0.3 is 9.84 Å². The molecule has 4 nitrogen and oxygen atoms in total. The first-order valence-electron chi connectivity index (χ1n) is 6.96. The van der Waals surface area contributed by atoms with Gasteiger partial charge in [-0.05, 0) is 37.1 Å². The van der Waals surface area contributed by atoms with E-state index in [0.717, 1.165) is 43.6 Å². The van der Waals surface area contributed by atoms with Crippen LogP contribution < -0.4 is 0 Å². The van der Waals surface area contributed by atoms with Crippen LogP contribution in [0.15, 0.2) is 28.7 Å². The first-order chi connectivity index (χ1) is 9.65. The van der Waals surface area contributed by atoms with Gasteiger partial charge in [0.1, 0.15) is 0 Å². The molecule has 1 saturated heterocycles. The van der Waals surface area contributed by atoms with Gasteiger partial charge in [-0.1, -0.05) is 28.1 Å². The fourth-order valence-corrected chi connectivity index (χ4v) is 2.84. The maximum Gasteiger partial charge on any atom is 0.303 e. The summed E-state index contributed by atoms with van der Waals surface area (Å²) in [7, 11) is 0. The Bertz CT molecular complexity index is 458.